The van der Waals surface area contributed by atoms with Gasteiger partial charge in [-0.3, -0.25) is 9.48 Å². The molecule has 22 heavy (non-hydrogen) atoms. The molecule has 5 rings (SSSR count). The molecule has 1 aromatic rings. The lowest BCUT2D eigenvalue weighted by Crippen LogP contribution is -2.55. The Bertz CT molecular complexity index is 588. The number of nitrogens with zero attached hydrogens (tertiary/aromatic N) is 2. The van der Waals surface area contributed by atoms with Crippen molar-refractivity contribution in [3.63, 3.8) is 0 Å². The monoisotopic (exact) mass is 299 g/mol. The average molecular weight is 299 g/mol. The second-order valence-corrected chi connectivity index (χ2v) is 7.61. The number of aromatic nitrogens is 2. The maximum Gasteiger partial charge on any atom is 0.244 e. The van der Waals surface area contributed by atoms with Crippen molar-refractivity contribution in [1.29, 1.82) is 0 Å². The summed E-state index contributed by atoms with van der Waals surface area (Å²) in [7, 11) is 1.92. The average Bonchev–Trinajstić information content (AvgIpc) is 2.80. The molecule has 1 N–H and O–H groups in total. The number of hydrogen-bond donors (Lipinski definition) is 1. The van der Waals surface area contributed by atoms with E-state index < -0.39 is 0 Å². The van der Waals surface area contributed by atoms with Crippen LogP contribution in [-0.2, 0) is 11.8 Å². The van der Waals surface area contributed by atoms with E-state index in [2.05, 4.69) is 10.4 Å². The molecule has 0 aliphatic heterocycles. The predicted octanol–water partition coefficient (Wildman–Crippen LogP) is 2.68. The number of carbonyl (C=O) groups is 1. The molecule has 0 radical (unpaired) electrons. The van der Waals surface area contributed by atoms with E-state index in [4.69, 9.17) is 0 Å². The molecule has 4 bridgehead atoms. The van der Waals surface area contributed by atoms with Crippen LogP contribution in [0.4, 0.5) is 0 Å². The zero-order valence-corrected chi connectivity index (χ0v) is 13.5. The van der Waals surface area contributed by atoms with Crippen LogP contribution >= 0.6 is 0 Å². The van der Waals surface area contributed by atoms with Crippen molar-refractivity contribution in [2.24, 2.45) is 30.7 Å². The van der Waals surface area contributed by atoms with Gasteiger partial charge >= 0.3 is 0 Å². The molecule has 4 aliphatic rings. The first kappa shape index (κ1) is 14.0. The lowest BCUT2D eigenvalue weighted by atomic mass is 9.54. The lowest BCUT2D eigenvalue weighted by Gasteiger charge is -2.54. The summed E-state index contributed by atoms with van der Waals surface area (Å²) >= 11 is 0. The molecule has 4 nitrogen and oxygen atoms in total. The minimum Gasteiger partial charge on any atom is -0.349 e. The molecular weight excluding hydrogens is 274 g/mol. The molecule has 4 fully saturated rings. The lowest BCUT2D eigenvalue weighted by molar-refractivity contribution is -0.120. The quantitative estimate of drug-likeness (QED) is 0.872. The number of rotatable bonds is 3. The largest absolute Gasteiger partial charge is 0.349 e. The van der Waals surface area contributed by atoms with E-state index in [0.717, 1.165) is 34.9 Å². The van der Waals surface area contributed by atoms with Gasteiger partial charge in [-0.1, -0.05) is 0 Å². The fourth-order valence-electron chi connectivity index (χ4n) is 5.22. The van der Waals surface area contributed by atoms with Crippen LogP contribution in [-0.4, -0.2) is 21.7 Å². The van der Waals surface area contributed by atoms with Gasteiger partial charge in [0.15, 0.2) is 0 Å². The second kappa shape index (κ2) is 5.25. The normalized spacial score (nSPS) is 36.2. The fourth-order valence-corrected chi connectivity index (χ4v) is 5.22. The van der Waals surface area contributed by atoms with Gasteiger partial charge in [0.1, 0.15) is 0 Å². The van der Waals surface area contributed by atoms with E-state index in [1.165, 1.54) is 32.1 Å². The second-order valence-electron chi connectivity index (χ2n) is 7.61. The molecule has 118 valence electrons. The van der Waals surface area contributed by atoms with Gasteiger partial charge in [-0.2, -0.15) is 5.10 Å². The Kier molecular flexibility index (Phi) is 3.35. The van der Waals surface area contributed by atoms with E-state index in [1.807, 2.05) is 30.9 Å². The van der Waals surface area contributed by atoms with Crippen molar-refractivity contribution in [2.45, 2.75) is 45.1 Å². The first-order valence-corrected chi connectivity index (χ1v) is 8.57. The summed E-state index contributed by atoms with van der Waals surface area (Å²) in [6.45, 7) is 2.02. The van der Waals surface area contributed by atoms with Crippen LogP contribution in [0.5, 0.6) is 0 Å². The van der Waals surface area contributed by atoms with E-state index in [-0.39, 0.29) is 5.91 Å². The van der Waals surface area contributed by atoms with Crippen LogP contribution in [0.1, 0.15) is 43.4 Å². The van der Waals surface area contributed by atoms with Crippen molar-refractivity contribution >= 4 is 12.0 Å². The molecule has 4 aliphatic carbocycles. The van der Waals surface area contributed by atoms with Gasteiger partial charge in [-0.05, 0) is 68.8 Å². The Morgan fingerprint density at radius 2 is 1.86 bits per heavy atom. The van der Waals surface area contributed by atoms with Gasteiger partial charge < -0.3 is 5.32 Å². The minimum absolute atomic E-state index is 0.0562. The Hall–Kier alpha value is -1.58. The molecule has 1 amide bonds. The minimum atomic E-state index is 0.0562. The van der Waals surface area contributed by atoms with Crippen molar-refractivity contribution in [3.05, 3.63) is 23.5 Å². The first-order chi connectivity index (χ1) is 10.6. The molecule has 0 spiro atoms. The fraction of sp³-hybridized carbons (Fsp3) is 0.667. The molecule has 1 heterocycles. The molecule has 4 heteroatoms. The summed E-state index contributed by atoms with van der Waals surface area (Å²) < 4.78 is 1.83. The van der Waals surface area contributed by atoms with E-state index in [0.29, 0.717) is 6.04 Å². The summed E-state index contributed by atoms with van der Waals surface area (Å²) in [6, 6.07) is 0.417. The highest BCUT2D eigenvalue weighted by Crippen LogP contribution is 2.53. The highest BCUT2D eigenvalue weighted by molar-refractivity contribution is 5.92. The predicted molar refractivity (Wildman–Crippen MR) is 86.0 cm³/mol. The van der Waals surface area contributed by atoms with Crippen LogP contribution < -0.4 is 5.32 Å². The number of aryl methyl sites for hydroxylation is 1. The van der Waals surface area contributed by atoms with Crippen LogP contribution in [0, 0.1) is 30.6 Å². The van der Waals surface area contributed by atoms with Gasteiger partial charge in [0.25, 0.3) is 0 Å². The van der Waals surface area contributed by atoms with E-state index in [9.17, 15) is 4.79 Å². The Labute approximate surface area is 132 Å². The van der Waals surface area contributed by atoms with Crippen molar-refractivity contribution < 1.29 is 4.79 Å². The van der Waals surface area contributed by atoms with E-state index in [1.54, 1.807) is 6.08 Å². The number of carbonyl (C=O) groups excluding carboxylic acids is 1. The van der Waals surface area contributed by atoms with Crippen LogP contribution in [0.25, 0.3) is 6.08 Å². The molecule has 0 aromatic carbocycles. The Morgan fingerprint density at radius 1 is 1.23 bits per heavy atom. The van der Waals surface area contributed by atoms with Crippen molar-refractivity contribution in [1.82, 2.24) is 15.1 Å². The summed E-state index contributed by atoms with van der Waals surface area (Å²) in [5.41, 5.74) is 2.10. The molecule has 0 saturated heterocycles. The van der Waals surface area contributed by atoms with Crippen molar-refractivity contribution in [3.8, 4) is 0 Å². The summed E-state index contributed by atoms with van der Waals surface area (Å²) in [4.78, 5) is 12.3. The molecule has 1 aromatic heterocycles. The Balaban J connectivity index is 1.41. The van der Waals surface area contributed by atoms with Gasteiger partial charge in [0.2, 0.25) is 5.91 Å². The number of nitrogens with one attached hydrogen (secondary N) is 1. The third-order valence-corrected chi connectivity index (χ3v) is 6.22. The summed E-state index contributed by atoms with van der Waals surface area (Å²) in [5, 5.41) is 7.51. The van der Waals surface area contributed by atoms with Crippen LogP contribution in [0.2, 0.25) is 0 Å². The maximum atomic E-state index is 12.3. The van der Waals surface area contributed by atoms with Gasteiger partial charge in [0.05, 0.1) is 6.20 Å². The zero-order chi connectivity index (χ0) is 15.3. The third-order valence-electron chi connectivity index (χ3n) is 6.22. The third kappa shape index (κ3) is 2.38. The highest BCUT2D eigenvalue weighted by atomic mass is 16.1. The Morgan fingerprint density at radius 3 is 2.41 bits per heavy atom. The van der Waals surface area contributed by atoms with Gasteiger partial charge in [-0.15, -0.1) is 0 Å². The number of hydrogen-bond acceptors (Lipinski definition) is 2. The zero-order valence-electron chi connectivity index (χ0n) is 13.5. The smallest absolute Gasteiger partial charge is 0.244 e. The first-order valence-electron chi connectivity index (χ1n) is 8.57. The van der Waals surface area contributed by atoms with Crippen LogP contribution in [0.3, 0.4) is 0 Å². The van der Waals surface area contributed by atoms with E-state index >= 15 is 0 Å². The number of amides is 1. The summed E-state index contributed by atoms with van der Waals surface area (Å²) in [5.74, 6) is 3.41. The SMILES string of the molecule is Cc1c(C=CC(=O)NC2C3CC4CC(C3)CC2C4)cnn1C. The summed E-state index contributed by atoms with van der Waals surface area (Å²) in [6.07, 6.45) is 12.2. The van der Waals surface area contributed by atoms with Gasteiger partial charge in [-0.25, -0.2) is 0 Å². The topological polar surface area (TPSA) is 46.9 Å². The van der Waals surface area contributed by atoms with Crippen LogP contribution in [0.15, 0.2) is 12.3 Å². The molecule has 0 atom stereocenters. The highest BCUT2D eigenvalue weighted by Gasteiger charge is 2.48. The molecule has 4 saturated carbocycles. The van der Waals surface area contributed by atoms with Gasteiger partial charge in [0, 0.05) is 30.4 Å². The molecule has 0 unspecified atom stereocenters. The molecular formula is C18H25N3O. The maximum absolute atomic E-state index is 12.3. The van der Waals surface area contributed by atoms with Crippen molar-refractivity contribution in [2.75, 3.05) is 0 Å². The standard InChI is InChI=1S/C18H25N3O/c1-11-14(10-19-21(11)2)3-4-17(22)20-18-15-6-12-5-13(8-15)9-16(18)7-12/h3-4,10,12-13,15-16,18H,5-9H2,1-2H3,(H,20,22).